The van der Waals surface area contributed by atoms with Gasteiger partial charge in [-0.1, -0.05) is 17.7 Å². The van der Waals surface area contributed by atoms with Crippen LogP contribution < -0.4 is 4.90 Å². The zero-order chi connectivity index (χ0) is 10.9. The molecule has 0 aromatic heterocycles. The molecule has 2 rings (SSSR count). The molecule has 1 saturated heterocycles. The summed E-state index contributed by atoms with van der Waals surface area (Å²) in [6, 6.07) is 8.35. The molecule has 0 spiro atoms. The van der Waals surface area contributed by atoms with Crippen LogP contribution in [0.15, 0.2) is 24.3 Å². The Labute approximate surface area is 92.1 Å². The Hall–Kier alpha value is -0.710. The molecule has 3 nitrogen and oxygen atoms in total. The molecular formula is C11H17NO2S. The molecule has 15 heavy (non-hydrogen) atoms. The van der Waals surface area contributed by atoms with Crippen LogP contribution >= 0.6 is 10.6 Å². The van der Waals surface area contributed by atoms with Crippen molar-refractivity contribution >= 4 is 16.3 Å². The molecule has 0 atom stereocenters. The predicted octanol–water partition coefficient (Wildman–Crippen LogP) is 2.57. The van der Waals surface area contributed by atoms with Gasteiger partial charge in [-0.15, -0.1) is 0 Å². The van der Waals surface area contributed by atoms with Gasteiger partial charge in [0.05, 0.1) is 11.5 Å². The fraction of sp³-hybridized carbons (Fsp3) is 0.455. The Balaban J connectivity index is 2.04. The van der Waals surface area contributed by atoms with Crippen LogP contribution in [0.4, 0.5) is 5.69 Å². The molecule has 0 unspecified atom stereocenters. The first-order valence-corrected chi connectivity index (χ1v) is 7.00. The number of rotatable bonds is 1. The summed E-state index contributed by atoms with van der Waals surface area (Å²) in [4.78, 5) is 2.21. The lowest BCUT2D eigenvalue weighted by Crippen LogP contribution is -2.38. The maximum absolute atomic E-state index is 9.50. The summed E-state index contributed by atoms with van der Waals surface area (Å²) in [5, 5.41) is 0. The first-order chi connectivity index (χ1) is 7.07. The van der Waals surface area contributed by atoms with Crippen LogP contribution in [0.5, 0.6) is 0 Å². The summed E-state index contributed by atoms with van der Waals surface area (Å²) in [7, 11) is -2.27. The standard InChI is InChI=1S/C11H17NO2S/c1-10-2-4-11(5-3-10)12-6-8-15(13,14)9-7-12/h2-5,13-14H,6-9H2,1H3. The Kier molecular flexibility index (Phi) is 2.91. The maximum atomic E-state index is 9.50. The van der Waals surface area contributed by atoms with E-state index in [1.54, 1.807) is 0 Å². The zero-order valence-corrected chi connectivity index (χ0v) is 9.70. The van der Waals surface area contributed by atoms with Gasteiger partial charge in [-0.05, 0) is 19.1 Å². The summed E-state index contributed by atoms with van der Waals surface area (Å²) >= 11 is 0. The van der Waals surface area contributed by atoms with Gasteiger partial charge in [0.2, 0.25) is 0 Å². The van der Waals surface area contributed by atoms with Crippen molar-refractivity contribution in [2.24, 2.45) is 0 Å². The molecule has 1 aromatic carbocycles. The highest BCUT2D eigenvalue weighted by Crippen LogP contribution is 2.41. The molecule has 0 amide bonds. The van der Waals surface area contributed by atoms with Crippen LogP contribution in [-0.2, 0) is 0 Å². The van der Waals surface area contributed by atoms with Gasteiger partial charge in [-0.25, -0.2) is 0 Å². The van der Waals surface area contributed by atoms with Crippen molar-refractivity contribution in [1.29, 1.82) is 0 Å². The molecule has 4 heteroatoms. The van der Waals surface area contributed by atoms with E-state index in [4.69, 9.17) is 0 Å². The largest absolute Gasteiger partial charge is 0.368 e. The molecule has 84 valence electrons. The van der Waals surface area contributed by atoms with E-state index in [1.807, 2.05) is 0 Å². The molecule has 0 radical (unpaired) electrons. The molecule has 1 fully saturated rings. The highest BCUT2D eigenvalue weighted by Gasteiger charge is 2.21. The van der Waals surface area contributed by atoms with Crippen molar-refractivity contribution in [2.45, 2.75) is 6.92 Å². The van der Waals surface area contributed by atoms with Crippen LogP contribution in [0.1, 0.15) is 5.56 Å². The van der Waals surface area contributed by atoms with Crippen LogP contribution in [0.25, 0.3) is 0 Å². The third kappa shape index (κ3) is 2.65. The maximum Gasteiger partial charge on any atom is 0.0550 e. The monoisotopic (exact) mass is 227 g/mol. The van der Waals surface area contributed by atoms with Crippen LogP contribution in [0.2, 0.25) is 0 Å². The van der Waals surface area contributed by atoms with Crippen molar-refractivity contribution in [3.63, 3.8) is 0 Å². The fourth-order valence-electron chi connectivity index (χ4n) is 1.74. The summed E-state index contributed by atoms with van der Waals surface area (Å²) in [5.74, 6) is 1.00. The quantitative estimate of drug-likeness (QED) is 0.775. The Bertz CT molecular complexity index is 327. The average Bonchev–Trinajstić information content (AvgIpc) is 2.20. The lowest BCUT2D eigenvalue weighted by molar-refractivity contribution is 0.479. The molecule has 0 aliphatic carbocycles. The molecule has 0 saturated carbocycles. The second-order valence-electron chi connectivity index (χ2n) is 4.03. The smallest absolute Gasteiger partial charge is 0.0550 e. The van der Waals surface area contributed by atoms with E-state index in [-0.39, 0.29) is 0 Å². The highest BCUT2D eigenvalue weighted by atomic mass is 32.3. The second kappa shape index (κ2) is 4.04. The second-order valence-corrected chi connectivity index (χ2v) is 6.45. The van der Waals surface area contributed by atoms with E-state index in [1.165, 1.54) is 11.3 Å². The molecule has 0 bridgehead atoms. The van der Waals surface area contributed by atoms with Gasteiger partial charge in [0.25, 0.3) is 0 Å². The first kappa shape index (κ1) is 10.8. The van der Waals surface area contributed by atoms with Crippen molar-refractivity contribution in [2.75, 3.05) is 29.5 Å². The SMILES string of the molecule is Cc1ccc(N2CCS(O)(O)CC2)cc1. The molecule has 1 heterocycles. The van der Waals surface area contributed by atoms with E-state index in [0.29, 0.717) is 11.5 Å². The lowest BCUT2D eigenvalue weighted by Gasteiger charge is -2.41. The van der Waals surface area contributed by atoms with Gasteiger partial charge < -0.3 is 4.90 Å². The van der Waals surface area contributed by atoms with Gasteiger partial charge in [0.15, 0.2) is 0 Å². The molecule has 2 N–H and O–H groups in total. The highest BCUT2D eigenvalue weighted by molar-refractivity contribution is 8.24. The van der Waals surface area contributed by atoms with Crippen LogP contribution in [0.3, 0.4) is 0 Å². The van der Waals surface area contributed by atoms with E-state index in [0.717, 1.165) is 13.1 Å². The normalized spacial score (nSPS) is 22.5. The van der Waals surface area contributed by atoms with E-state index in [2.05, 4.69) is 36.1 Å². The number of anilines is 1. The summed E-state index contributed by atoms with van der Waals surface area (Å²) in [6.45, 7) is 3.55. The first-order valence-electron chi connectivity index (χ1n) is 5.12. The Morgan fingerprint density at radius 3 is 2.13 bits per heavy atom. The van der Waals surface area contributed by atoms with Gasteiger partial charge in [-0.2, -0.15) is 10.6 Å². The van der Waals surface area contributed by atoms with Crippen molar-refractivity contribution in [1.82, 2.24) is 0 Å². The summed E-state index contributed by atoms with van der Waals surface area (Å²) in [5.41, 5.74) is 2.43. The average molecular weight is 227 g/mol. The predicted molar refractivity (Wildman–Crippen MR) is 66.0 cm³/mol. The molecular weight excluding hydrogens is 210 g/mol. The van der Waals surface area contributed by atoms with Gasteiger partial charge in [0, 0.05) is 18.8 Å². The third-order valence-corrected chi connectivity index (χ3v) is 4.45. The Morgan fingerprint density at radius 2 is 1.60 bits per heavy atom. The molecule has 1 aliphatic heterocycles. The number of aryl methyl sites for hydroxylation is 1. The minimum atomic E-state index is -2.27. The summed E-state index contributed by atoms with van der Waals surface area (Å²) in [6.07, 6.45) is 0. The van der Waals surface area contributed by atoms with Crippen LogP contribution in [-0.4, -0.2) is 33.7 Å². The number of hydrogen-bond acceptors (Lipinski definition) is 3. The number of benzene rings is 1. The van der Waals surface area contributed by atoms with Crippen molar-refractivity contribution in [3.8, 4) is 0 Å². The molecule has 1 aromatic rings. The van der Waals surface area contributed by atoms with E-state index < -0.39 is 10.6 Å². The number of nitrogens with zero attached hydrogens (tertiary/aromatic N) is 1. The van der Waals surface area contributed by atoms with Gasteiger partial charge in [-0.3, -0.25) is 9.11 Å². The zero-order valence-electron chi connectivity index (χ0n) is 8.89. The van der Waals surface area contributed by atoms with Crippen molar-refractivity contribution < 1.29 is 9.11 Å². The number of hydrogen-bond donors (Lipinski definition) is 2. The Morgan fingerprint density at radius 1 is 1.07 bits per heavy atom. The van der Waals surface area contributed by atoms with Crippen LogP contribution in [0, 0.1) is 6.92 Å². The minimum absolute atomic E-state index is 0.501. The fourth-order valence-corrected chi connectivity index (χ4v) is 2.97. The van der Waals surface area contributed by atoms with E-state index in [9.17, 15) is 9.11 Å². The van der Waals surface area contributed by atoms with E-state index >= 15 is 0 Å². The van der Waals surface area contributed by atoms with Crippen molar-refractivity contribution in [3.05, 3.63) is 29.8 Å². The minimum Gasteiger partial charge on any atom is -0.368 e. The third-order valence-electron chi connectivity index (χ3n) is 2.78. The van der Waals surface area contributed by atoms with Gasteiger partial charge in [0.1, 0.15) is 0 Å². The summed E-state index contributed by atoms with van der Waals surface area (Å²) < 4.78 is 19.0. The molecule has 1 aliphatic rings. The topological polar surface area (TPSA) is 43.7 Å². The lowest BCUT2D eigenvalue weighted by atomic mass is 10.2. The van der Waals surface area contributed by atoms with Gasteiger partial charge >= 0.3 is 0 Å².